The number of hydrogen-bond donors (Lipinski definition) is 1. The van der Waals surface area contributed by atoms with Crippen molar-refractivity contribution in [2.45, 2.75) is 73.3 Å². The Balaban J connectivity index is 1.57. The molecule has 4 aromatic rings. The van der Waals surface area contributed by atoms with Gasteiger partial charge in [0.2, 0.25) is 0 Å². The lowest BCUT2D eigenvalue weighted by molar-refractivity contribution is 0.249. The molecule has 3 aromatic carbocycles. The summed E-state index contributed by atoms with van der Waals surface area (Å²) in [6, 6.07) is 20.6. The molecule has 7 nitrogen and oxygen atoms in total. The summed E-state index contributed by atoms with van der Waals surface area (Å²) in [7, 11) is 0. The molecule has 0 atom stereocenters. The minimum atomic E-state index is 0.608. The lowest BCUT2D eigenvalue weighted by atomic mass is 10.1. The molecule has 0 saturated carbocycles. The third-order valence-electron chi connectivity index (χ3n) is 8.89. The minimum absolute atomic E-state index is 0.608. The topological polar surface area (TPSA) is 54.8 Å². The molecule has 0 spiro atoms. The van der Waals surface area contributed by atoms with Crippen molar-refractivity contribution in [2.24, 2.45) is 0 Å². The second-order valence-electron chi connectivity index (χ2n) is 12.1. The molecule has 0 radical (unpaired) electrons. The van der Waals surface area contributed by atoms with Gasteiger partial charge in [0.05, 0.1) is 24.4 Å². The summed E-state index contributed by atoms with van der Waals surface area (Å²) in [4.78, 5) is 10.2. The highest BCUT2D eigenvalue weighted by Gasteiger charge is 2.18. The minimum Gasteiger partial charge on any atom is -0.493 e. The van der Waals surface area contributed by atoms with Crippen LogP contribution in [-0.2, 0) is 13.0 Å². The summed E-state index contributed by atoms with van der Waals surface area (Å²) in [6.45, 7) is 20.6. The molecule has 256 valence electrons. The lowest BCUT2D eigenvalue weighted by Crippen LogP contribution is -2.25. The molecule has 0 aliphatic carbocycles. The van der Waals surface area contributed by atoms with Crippen LogP contribution in [0.3, 0.4) is 0 Å². The van der Waals surface area contributed by atoms with Crippen molar-refractivity contribution in [3.63, 3.8) is 0 Å². The number of rotatable bonds is 22. The van der Waals surface area contributed by atoms with Crippen LogP contribution in [0.2, 0.25) is 5.02 Å². The number of nitrogens with zero attached hydrogens (tertiary/aromatic N) is 4. The summed E-state index contributed by atoms with van der Waals surface area (Å²) < 4.78 is 14.9. The van der Waals surface area contributed by atoms with Gasteiger partial charge >= 0.3 is 0 Å². The van der Waals surface area contributed by atoms with Gasteiger partial charge < -0.3 is 29.2 Å². The molecule has 0 unspecified atom stereocenters. The fourth-order valence-electron chi connectivity index (χ4n) is 5.90. The standard InChI is InChI=1S/C39H56ClN5O2/c1-6-11-26-45-37-30-35(46-27-13-25-44(9-4)10-5)29-36(41-23-12-24-43(7-2)8-3)38(37)42-39(45)32-16-20-34(21-17-32)47-28-22-31-14-18-33(40)19-15-31/h14-21,29-30,41H,6-13,22-28H2,1-5H3. The van der Waals surface area contributed by atoms with Crippen molar-refractivity contribution in [3.8, 4) is 22.9 Å². The molecule has 0 fully saturated rings. The van der Waals surface area contributed by atoms with Crippen LogP contribution in [0.4, 0.5) is 5.69 Å². The number of unbranched alkanes of at least 4 members (excludes halogenated alkanes) is 1. The normalized spacial score (nSPS) is 11.6. The fraction of sp³-hybridized carbons (Fsp3) is 0.513. The molecule has 1 N–H and O–H groups in total. The van der Waals surface area contributed by atoms with Crippen LogP contribution in [0, 0.1) is 0 Å². The SMILES string of the molecule is CCCCn1c(-c2ccc(OCCc3ccc(Cl)cc3)cc2)nc2c(NCCCN(CC)CC)cc(OCCCN(CC)CC)cc21. The molecule has 1 aromatic heterocycles. The van der Waals surface area contributed by atoms with E-state index in [2.05, 4.69) is 90.7 Å². The summed E-state index contributed by atoms with van der Waals surface area (Å²) >= 11 is 6.03. The highest BCUT2D eigenvalue weighted by atomic mass is 35.5. The molecule has 0 aliphatic rings. The molecule has 0 bridgehead atoms. The van der Waals surface area contributed by atoms with Crippen molar-refractivity contribution in [1.29, 1.82) is 0 Å². The zero-order valence-corrected chi connectivity index (χ0v) is 30.1. The van der Waals surface area contributed by atoms with Gasteiger partial charge in [0.1, 0.15) is 22.8 Å². The Morgan fingerprint density at radius 3 is 2.06 bits per heavy atom. The van der Waals surface area contributed by atoms with E-state index in [9.17, 15) is 0 Å². The number of benzene rings is 3. The fourth-order valence-corrected chi connectivity index (χ4v) is 6.03. The van der Waals surface area contributed by atoms with Crippen molar-refractivity contribution in [1.82, 2.24) is 19.4 Å². The second-order valence-corrected chi connectivity index (χ2v) is 12.5. The molecule has 47 heavy (non-hydrogen) atoms. The van der Waals surface area contributed by atoms with E-state index in [1.54, 1.807) is 0 Å². The summed E-state index contributed by atoms with van der Waals surface area (Å²) in [5, 5.41) is 4.49. The summed E-state index contributed by atoms with van der Waals surface area (Å²) in [5.74, 6) is 2.73. The zero-order chi connectivity index (χ0) is 33.4. The Bertz CT molecular complexity index is 1460. The largest absolute Gasteiger partial charge is 0.493 e. The monoisotopic (exact) mass is 661 g/mol. The maximum Gasteiger partial charge on any atom is 0.141 e. The Hall–Kier alpha value is -3.26. The summed E-state index contributed by atoms with van der Waals surface area (Å²) in [5.41, 5.74) is 5.44. The molecule has 1 heterocycles. The number of ether oxygens (including phenoxy) is 2. The Labute approximate surface area is 288 Å². The quantitative estimate of drug-likeness (QED) is 0.0849. The van der Waals surface area contributed by atoms with Gasteiger partial charge in [-0.1, -0.05) is 64.8 Å². The second kappa shape index (κ2) is 19.5. The van der Waals surface area contributed by atoms with Crippen LogP contribution in [-0.4, -0.2) is 78.4 Å². The van der Waals surface area contributed by atoms with E-state index in [-0.39, 0.29) is 0 Å². The van der Waals surface area contributed by atoms with Crippen LogP contribution in [0.25, 0.3) is 22.4 Å². The van der Waals surface area contributed by atoms with Gasteiger partial charge in [0.25, 0.3) is 0 Å². The first-order valence-electron chi connectivity index (χ1n) is 17.8. The van der Waals surface area contributed by atoms with Gasteiger partial charge in [0.15, 0.2) is 0 Å². The third kappa shape index (κ3) is 10.9. The van der Waals surface area contributed by atoms with Gasteiger partial charge in [-0.25, -0.2) is 4.98 Å². The van der Waals surface area contributed by atoms with Crippen LogP contribution in [0.1, 0.15) is 65.9 Å². The van der Waals surface area contributed by atoms with Crippen LogP contribution >= 0.6 is 11.6 Å². The molecular formula is C39H56ClN5O2. The number of anilines is 1. The first-order chi connectivity index (χ1) is 23.0. The van der Waals surface area contributed by atoms with Crippen LogP contribution in [0.5, 0.6) is 11.5 Å². The van der Waals surface area contributed by atoms with E-state index < -0.39 is 0 Å². The van der Waals surface area contributed by atoms with Gasteiger partial charge in [-0.3, -0.25) is 0 Å². The highest BCUT2D eigenvalue weighted by molar-refractivity contribution is 6.30. The number of halogens is 1. The van der Waals surface area contributed by atoms with Crippen molar-refractivity contribution in [2.75, 3.05) is 64.3 Å². The molecule has 0 saturated heterocycles. The van der Waals surface area contributed by atoms with Crippen LogP contribution < -0.4 is 14.8 Å². The Kier molecular flexibility index (Phi) is 15.2. The summed E-state index contributed by atoms with van der Waals surface area (Å²) in [6.07, 6.45) is 5.08. The number of nitrogens with one attached hydrogen (secondary N) is 1. The number of hydrogen-bond acceptors (Lipinski definition) is 6. The molecule has 0 aliphatic heterocycles. The highest BCUT2D eigenvalue weighted by Crippen LogP contribution is 2.34. The molecule has 8 heteroatoms. The van der Waals surface area contributed by atoms with E-state index in [1.165, 1.54) is 5.56 Å². The van der Waals surface area contributed by atoms with Gasteiger partial charge in [-0.05, 0) is 93.9 Å². The first kappa shape index (κ1) is 36.6. The maximum atomic E-state index is 6.40. The van der Waals surface area contributed by atoms with E-state index >= 15 is 0 Å². The molecular weight excluding hydrogens is 606 g/mol. The van der Waals surface area contributed by atoms with E-state index in [1.807, 2.05) is 24.3 Å². The Morgan fingerprint density at radius 1 is 0.745 bits per heavy atom. The van der Waals surface area contributed by atoms with E-state index in [4.69, 9.17) is 26.1 Å². The average molecular weight is 662 g/mol. The van der Waals surface area contributed by atoms with Gasteiger partial charge in [-0.2, -0.15) is 0 Å². The maximum absolute atomic E-state index is 6.40. The molecule has 4 rings (SSSR count). The predicted octanol–water partition coefficient (Wildman–Crippen LogP) is 9.03. The van der Waals surface area contributed by atoms with Crippen molar-refractivity contribution in [3.05, 3.63) is 71.2 Å². The smallest absolute Gasteiger partial charge is 0.141 e. The average Bonchev–Trinajstić information content (AvgIpc) is 3.47. The first-order valence-corrected chi connectivity index (χ1v) is 18.2. The number of fused-ring (bicyclic) bond motifs is 1. The third-order valence-corrected chi connectivity index (χ3v) is 9.14. The van der Waals surface area contributed by atoms with E-state index in [0.29, 0.717) is 13.2 Å². The predicted molar refractivity (Wildman–Crippen MR) is 200 cm³/mol. The van der Waals surface area contributed by atoms with Crippen molar-refractivity contribution >= 4 is 28.3 Å². The molecule has 0 amide bonds. The number of aryl methyl sites for hydroxylation is 1. The number of imidazole rings is 1. The van der Waals surface area contributed by atoms with Gasteiger partial charge in [0, 0.05) is 48.8 Å². The van der Waals surface area contributed by atoms with E-state index in [0.717, 1.165) is 129 Å². The van der Waals surface area contributed by atoms with Crippen LogP contribution in [0.15, 0.2) is 60.7 Å². The number of aromatic nitrogens is 2. The lowest BCUT2D eigenvalue weighted by Gasteiger charge is -2.19. The van der Waals surface area contributed by atoms with Crippen molar-refractivity contribution < 1.29 is 9.47 Å². The van der Waals surface area contributed by atoms with Gasteiger partial charge in [-0.15, -0.1) is 0 Å². The Morgan fingerprint density at radius 2 is 1.40 bits per heavy atom. The zero-order valence-electron chi connectivity index (χ0n) is 29.4.